The summed E-state index contributed by atoms with van der Waals surface area (Å²) < 4.78 is 0. The van der Waals surface area contributed by atoms with E-state index in [0.29, 0.717) is 5.41 Å². The van der Waals surface area contributed by atoms with Gasteiger partial charge in [0.1, 0.15) is 0 Å². The van der Waals surface area contributed by atoms with E-state index in [4.69, 9.17) is 0 Å². The van der Waals surface area contributed by atoms with Gasteiger partial charge in [-0.05, 0) is 74.5 Å². The number of hydrogen-bond donors (Lipinski definition) is 1. The van der Waals surface area contributed by atoms with Crippen LogP contribution in [0.3, 0.4) is 0 Å². The molecule has 0 heterocycles. The van der Waals surface area contributed by atoms with Crippen LogP contribution in [0.5, 0.6) is 0 Å². The molecule has 0 aromatic carbocycles. The molecular weight excluding hydrogens is 208 g/mol. The molecule has 0 aliphatic heterocycles. The second-order valence-corrected chi connectivity index (χ2v) is 8.03. The lowest BCUT2D eigenvalue weighted by Gasteiger charge is -2.42. The fourth-order valence-corrected chi connectivity index (χ4v) is 4.71. The van der Waals surface area contributed by atoms with E-state index >= 15 is 0 Å². The van der Waals surface area contributed by atoms with Gasteiger partial charge >= 0.3 is 0 Å². The SMILES string of the molecule is CC1(C)CCC(O)(CC2CC3CCC2C3)CC1. The van der Waals surface area contributed by atoms with Crippen molar-refractivity contribution >= 4 is 0 Å². The van der Waals surface area contributed by atoms with Crippen molar-refractivity contribution in [3.8, 4) is 0 Å². The van der Waals surface area contributed by atoms with Crippen molar-refractivity contribution in [1.82, 2.24) is 0 Å². The topological polar surface area (TPSA) is 20.2 Å². The van der Waals surface area contributed by atoms with E-state index in [-0.39, 0.29) is 5.60 Å². The molecule has 1 nitrogen and oxygen atoms in total. The monoisotopic (exact) mass is 236 g/mol. The molecule has 3 aliphatic rings. The molecule has 0 aromatic heterocycles. The number of fused-ring (bicyclic) bond motifs is 2. The lowest BCUT2D eigenvalue weighted by molar-refractivity contribution is -0.0486. The Balaban J connectivity index is 1.58. The van der Waals surface area contributed by atoms with Crippen molar-refractivity contribution in [1.29, 1.82) is 0 Å². The van der Waals surface area contributed by atoms with Gasteiger partial charge in [0.15, 0.2) is 0 Å². The minimum atomic E-state index is -0.301. The molecule has 3 aliphatic carbocycles. The maximum absolute atomic E-state index is 10.8. The molecule has 3 rings (SSSR count). The van der Waals surface area contributed by atoms with Gasteiger partial charge in [0.05, 0.1) is 5.60 Å². The summed E-state index contributed by atoms with van der Waals surface area (Å²) in [6, 6.07) is 0. The predicted molar refractivity (Wildman–Crippen MR) is 70.8 cm³/mol. The third-order valence-electron chi connectivity index (χ3n) is 6.06. The molecule has 3 unspecified atom stereocenters. The first-order chi connectivity index (χ1) is 7.96. The van der Waals surface area contributed by atoms with Gasteiger partial charge in [0.25, 0.3) is 0 Å². The van der Waals surface area contributed by atoms with Gasteiger partial charge in [-0.3, -0.25) is 0 Å². The van der Waals surface area contributed by atoms with Crippen molar-refractivity contribution < 1.29 is 5.11 Å². The zero-order valence-corrected chi connectivity index (χ0v) is 11.5. The van der Waals surface area contributed by atoms with Crippen LogP contribution >= 0.6 is 0 Å². The Bertz CT molecular complexity index is 284. The summed E-state index contributed by atoms with van der Waals surface area (Å²) in [5, 5.41) is 10.8. The largest absolute Gasteiger partial charge is 0.390 e. The van der Waals surface area contributed by atoms with Crippen molar-refractivity contribution in [2.24, 2.45) is 23.2 Å². The van der Waals surface area contributed by atoms with Crippen LogP contribution in [0.25, 0.3) is 0 Å². The van der Waals surface area contributed by atoms with Gasteiger partial charge in [-0.2, -0.15) is 0 Å². The van der Waals surface area contributed by atoms with Gasteiger partial charge in [0.2, 0.25) is 0 Å². The van der Waals surface area contributed by atoms with E-state index in [1.165, 1.54) is 38.5 Å². The van der Waals surface area contributed by atoms with Crippen LogP contribution in [0, 0.1) is 23.2 Å². The maximum atomic E-state index is 10.8. The van der Waals surface area contributed by atoms with Crippen LogP contribution in [0.4, 0.5) is 0 Å². The molecule has 0 radical (unpaired) electrons. The number of aliphatic hydroxyl groups is 1. The Labute approximate surface area is 106 Å². The lowest BCUT2D eigenvalue weighted by Crippen LogP contribution is -2.39. The fourth-order valence-electron chi connectivity index (χ4n) is 4.71. The Morgan fingerprint density at radius 3 is 2.24 bits per heavy atom. The predicted octanol–water partition coefficient (Wildman–Crippen LogP) is 4.14. The van der Waals surface area contributed by atoms with Gasteiger partial charge in [0, 0.05) is 0 Å². The van der Waals surface area contributed by atoms with E-state index in [2.05, 4.69) is 13.8 Å². The highest BCUT2D eigenvalue weighted by atomic mass is 16.3. The van der Waals surface area contributed by atoms with Crippen LogP contribution in [-0.2, 0) is 0 Å². The highest BCUT2D eigenvalue weighted by molar-refractivity contribution is 4.96. The van der Waals surface area contributed by atoms with Crippen molar-refractivity contribution in [3.05, 3.63) is 0 Å². The second-order valence-electron chi connectivity index (χ2n) is 8.03. The van der Waals surface area contributed by atoms with Gasteiger partial charge < -0.3 is 5.11 Å². The van der Waals surface area contributed by atoms with Gasteiger partial charge in [-0.1, -0.05) is 20.3 Å². The minimum absolute atomic E-state index is 0.301. The normalized spacial score (nSPS) is 42.9. The molecule has 98 valence electrons. The van der Waals surface area contributed by atoms with Crippen LogP contribution in [0.2, 0.25) is 0 Å². The van der Waals surface area contributed by atoms with Gasteiger partial charge in [-0.15, -0.1) is 0 Å². The highest BCUT2D eigenvalue weighted by Gasteiger charge is 2.45. The molecule has 17 heavy (non-hydrogen) atoms. The molecule has 1 N–H and O–H groups in total. The first-order valence-corrected chi connectivity index (χ1v) is 7.68. The Hall–Kier alpha value is -0.0400. The summed E-state index contributed by atoms with van der Waals surface area (Å²) >= 11 is 0. The van der Waals surface area contributed by atoms with Crippen molar-refractivity contribution in [2.75, 3.05) is 0 Å². The third kappa shape index (κ3) is 2.41. The zero-order chi connectivity index (χ0) is 12.1. The standard InChI is InChI=1S/C16H28O/c1-15(2)5-7-16(17,8-6-15)11-14-10-12-3-4-13(14)9-12/h12-14,17H,3-11H2,1-2H3. The molecular formula is C16H28O. The van der Waals surface area contributed by atoms with E-state index in [1.807, 2.05) is 0 Å². The van der Waals surface area contributed by atoms with Crippen LogP contribution in [0.15, 0.2) is 0 Å². The average molecular weight is 236 g/mol. The van der Waals surface area contributed by atoms with E-state index in [0.717, 1.165) is 37.0 Å². The van der Waals surface area contributed by atoms with Crippen molar-refractivity contribution in [2.45, 2.75) is 77.2 Å². The Morgan fingerprint density at radius 1 is 1.00 bits per heavy atom. The van der Waals surface area contributed by atoms with Crippen molar-refractivity contribution in [3.63, 3.8) is 0 Å². The first-order valence-electron chi connectivity index (χ1n) is 7.68. The van der Waals surface area contributed by atoms with Gasteiger partial charge in [-0.25, -0.2) is 0 Å². The quantitative estimate of drug-likeness (QED) is 0.764. The van der Waals surface area contributed by atoms with Crippen LogP contribution in [0.1, 0.15) is 71.6 Å². The van der Waals surface area contributed by atoms with E-state index in [9.17, 15) is 5.11 Å². The van der Waals surface area contributed by atoms with Crippen LogP contribution < -0.4 is 0 Å². The smallest absolute Gasteiger partial charge is 0.0651 e. The summed E-state index contributed by atoms with van der Waals surface area (Å²) in [7, 11) is 0. The minimum Gasteiger partial charge on any atom is -0.390 e. The molecule has 0 saturated heterocycles. The zero-order valence-electron chi connectivity index (χ0n) is 11.5. The summed E-state index contributed by atoms with van der Waals surface area (Å²) in [5.41, 5.74) is 0.172. The average Bonchev–Trinajstić information content (AvgIpc) is 2.85. The molecule has 3 fully saturated rings. The summed E-state index contributed by atoms with van der Waals surface area (Å²) in [5.74, 6) is 2.85. The lowest BCUT2D eigenvalue weighted by atomic mass is 9.67. The molecule has 0 aromatic rings. The van der Waals surface area contributed by atoms with Crippen LogP contribution in [-0.4, -0.2) is 10.7 Å². The highest BCUT2D eigenvalue weighted by Crippen LogP contribution is 2.53. The molecule has 3 saturated carbocycles. The maximum Gasteiger partial charge on any atom is 0.0651 e. The second kappa shape index (κ2) is 3.98. The molecule has 2 bridgehead atoms. The fraction of sp³-hybridized carbons (Fsp3) is 1.00. The molecule has 0 spiro atoms. The summed E-state index contributed by atoms with van der Waals surface area (Å²) in [6.45, 7) is 4.70. The molecule has 3 atom stereocenters. The first kappa shape index (κ1) is 12.0. The molecule has 0 amide bonds. The third-order valence-corrected chi connectivity index (χ3v) is 6.06. The Kier molecular flexibility index (Phi) is 2.81. The van der Waals surface area contributed by atoms with E-state index < -0.39 is 0 Å². The summed E-state index contributed by atoms with van der Waals surface area (Å²) in [4.78, 5) is 0. The Morgan fingerprint density at radius 2 is 1.71 bits per heavy atom. The number of rotatable bonds is 2. The van der Waals surface area contributed by atoms with E-state index in [1.54, 1.807) is 0 Å². The molecule has 1 heteroatoms. The number of hydrogen-bond acceptors (Lipinski definition) is 1. The summed E-state index contributed by atoms with van der Waals surface area (Å²) in [6.07, 6.45) is 11.5.